The largest absolute Gasteiger partial charge is 0.446 e. The highest BCUT2D eigenvalue weighted by Gasteiger charge is 2.16. The van der Waals surface area contributed by atoms with Gasteiger partial charge in [0.1, 0.15) is 0 Å². The molecule has 0 atom stereocenters. The molecule has 1 heterocycles. The second-order valence-electron chi connectivity index (χ2n) is 4.81. The average Bonchev–Trinajstić information content (AvgIpc) is 3.02. The standard InChI is InChI=1S/C15H11N5O5/c21-14(17-16-11-6-8-12(9-7-11)20(23)24)19-15(22)25-13(18-19)10-4-2-1-3-5-10/h1-9,16H,(H,17,21). The molecular formula is C15H11N5O5. The zero-order chi connectivity index (χ0) is 17.8. The molecule has 0 aliphatic heterocycles. The van der Waals surface area contributed by atoms with Gasteiger partial charge in [0.25, 0.3) is 5.69 Å². The Labute approximate surface area is 139 Å². The highest BCUT2D eigenvalue weighted by atomic mass is 16.6. The number of non-ortho nitro benzene ring substituents is 1. The van der Waals surface area contributed by atoms with Crippen molar-refractivity contribution in [1.29, 1.82) is 0 Å². The maximum absolute atomic E-state index is 12.0. The van der Waals surface area contributed by atoms with Crippen molar-refractivity contribution in [2.24, 2.45) is 0 Å². The van der Waals surface area contributed by atoms with Crippen molar-refractivity contribution >= 4 is 17.4 Å². The van der Waals surface area contributed by atoms with Gasteiger partial charge in [-0.05, 0) is 24.3 Å². The van der Waals surface area contributed by atoms with E-state index >= 15 is 0 Å². The first-order chi connectivity index (χ1) is 12.0. The monoisotopic (exact) mass is 341 g/mol. The van der Waals surface area contributed by atoms with Gasteiger partial charge in [0.05, 0.1) is 10.6 Å². The van der Waals surface area contributed by atoms with Crippen molar-refractivity contribution in [1.82, 2.24) is 15.2 Å². The summed E-state index contributed by atoms with van der Waals surface area (Å²) in [5, 5.41) is 14.4. The quantitative estimate of drug-likeness (QED) is 0.547. The predicted octanol–water partition coefficient (Wildman–Crippen LogP) is 2.00. The Morgan fingerprint density at radius 1 is 1.12 bits per heavy atom. The van der Waals surface area contributed by atoms with Crippen LogP contribution >= 0.6 is 0 Å². The summed E-state index contributed by atoms with van der Waals surface area (Å²) in [6, 6.07) is 13.1. The van der Waals surface area contributed by atoms with E-state index in [0.29, 0.717) is 15.9 Å². The number of hydrogen-bond acceptors (Lipinski definition) is 7. The number of nitrogens with one attached hydrogen (secondary N) is 2. The van der Waals surface area contributed by atoms with Crippen molar-refractivity contribution in [2.75, 3.05) is 5.43 Å². The van der Waals surface area contributed by atoms with Gasteiger partial charge in [0.15, 0.2) is 0 Å². The molecule has 1 aromatic heterocycles. The van der Waals surface area contributed by atoms with Gasteiger partial charge in [-0.2, -0.15) is 0 Å². The SMILES string of the molecule is O=C(NNc1ccc([N+](=O)[O-])cc1)n1nc(-c2ccccc2)oc1=O. The smallest absolute Gasteiger partial charge is 0.387 e. The number of aromatic nitrogens is 2. The van der Waals surface area contributed by atoms with E-state index in [4.69, 9.17) is 4.42 Å². The van der Waals surface area contributed by atoms with Crippen LogP contribution in [0.4, 0.5) is 16.2 Å². The summed E-state index contributed by atoms with van der Waals surface area (Å²) in [5.41, 5.74) is 5.63. The predicted molar refractivity (Wildman–Crippen MR) is 86.8 cm³/mol. The molecule has 25 heavy (non-hydrogen) atoms. The Morgan fingerprint density at radius 2 is 1.80 bits per heavy atom. The second kappa shape index (κ2) is 6.66. The Hall–Kier alpha value is -3.95. The van der Waals surface area contributed by atoms with Crippen molar-refractivity contribution in [3.63, 3.8) is 0 Å². The van der Waals surface area contributed by atoms with Crippen LogP contribution in [0, 0.1) is 10.1 Å². The lowest BCUT2D eigenvalue weighted by atomic mass is 10.2. The molecule has 0 aliphatic carbocycles. The molecule has 0 saturated carbocycles. The first kappa shape index (κ1) is 15.9. The molecular weight excluding hydrogens is 330 g/mol. The van der Waals surface area contributed by atoms with Gasteiger partial charge in [0.2, 0.25) is 5.89 Å². The molecule has 126 valence electrons. The summed E-state index contributed by atoms with van der Waals surface area (Å²) in [7, 11) is 0. The number of benzene rings is 2. The zero-order valence-corrected chi connectivity index (χ0v) is 12.6. The highest BCUT2D eigenvalue weighted by molar-refractivity contribution is 5.77. The lowest BCUT2D eigenvalue weighted by molar-refractivity contribution is -0.384. The third-order valence-corrected chi connectivity index (χ3v) is 3.15. The van der Waals surface area contributed by atoms with Gasteiger partial charge in [-0.25, -0.2) is 15.0 Å². The Kier molecular flexibility index (Phi) is 4.24. The van der Waals surface area contributed by atoms with Crippen LogP contribution < -0.4 is 16.6 Å². The molecule has 3 aromatic rings. The van der Waals surface area contributed by atoms with Gasteiger partial charge in [-0.3, -0.25) is 15.5 Å². The molecule has 2 N–H and O–H groups in total. The highest BCUT2D eigenvalue weighted by Crippen LogP contribution is 2.15. The molecule has 0 aliphatic rings. The number of nitrogens with zero attached hydrogens (tertiary/aromatic N) is 3. The van der Waals surface area contributed by atoms with Crippen molar-refractivity contribution < 1.29 is 14.1 Å². The number of carbonyl (C=O) groups excluding carboxylic acids is 1. The molecule has 0 saturated heterocycles. The molecule has 0 fully saturated rings. The summed E-state index contributed by atoms with van der Waals surface area (Å²) in [6.45, 7) is 0. The molecule has 10 nitrogen and oxygen atoms in total. The van der Waals surface area contributed by atoms with E-state index in [1.165, 1.54) is 24.3 Å². The van der Waals surface area contributed by atoms with Crippen LogP contribution in [0.2, 0.25) is 0 Å². The lowest BCUT2D eigenvalue weighted by Crippen LogP contribution is -2.38. The minimum absolute atomic E-state index is 0.0103. The maximum Gasteiger partial charge on any atom is 0.446 e. The average molecular weight is 341 g/mol. The Balaban J connectivity index is 1.70. The number of anilines is 1. The lowest BCUT2D eigenvalue weighted by Gasteiger charge is -2.06. The summed E-state index contributed by atoms with van der Waals surface area (Å²) in [5.74, 6) is -0.932. The van der Waals surface area contributed by atoms with Gasteiger partial charge < -0.3 is 4.42 Å². The minimum atomic E-state index is -0.943. The van der Waals surface area contributed by atoms with E-state index in [2.05, 4.69) is 16.0 Å². The van der Waals surface area contributed by atoms with Crippen LogP contribution in [0.1, 0.15) is 0 Å². The van der Waals surface area contributed by atoms with Crippen molar-refractivity contribution in [3.8, 4) is 11.5 Å². The molecule has 3 rings (SSSR count). The van der Waals surface area contributed by atoms with E-state index < -0.39 is 16.7 Å². The summed E-state index contributed by atoms with van der Waals surface area (Å²) in [6.07, 6.45) is 0. The van der Waals surface area contributed by atoms with Crippen LogP contribution in [0.25, 0.3) is 11.5 Å². The van der Waals surface area contributed by atoms with Crippen molar-refractivity contribution in [2.45, 2.75) is 0 Å². The number of hydrazine groups is 1. The number of rotatable bonds is 4. The van der Waals surface area contributed by atoms with Crippen molar-refractivity contribution in [3.05, 3.63) is 75.3 Å². The number of hydrogen-bond donors (Lipinski definition) is 2. The second-order valence-corrected chi connectivity index (χ2v) is 4.81. The normalized spacial score (nSPS) is 10.2. The first-order valence-electron chi connectivity index (χ1n) is 7.01. The van der Waals surface area contributed by atoms with E-state index in [9.17, 15) is 19.7 Å². The van der Waals surface area contributed by atoms with Crippen LogP contribution in [0.15, 0.2) is 63.8 Å². The fourth-order valence-electron chi connectivity index (χ4n) is 1.95. The van der Waals surface area contributed by atoms with Crippen LogP contribution in [-0.2, 0) is 0 Å². The Bertz CT molecular complexity index is 962. The maximum atomic E-state index is 12.0. The molecule has 2 aromatic carbocycles. The van der Waals surface area contributed by atoms with Crippen LogP contribution in [0.3, 0.4) is 0 Å². The van der Waals surface area contributed by atoms with Gasteiger partial charge in [0, 0.05) is 17.7 Å². The summed E-state index contributed by atoms with van der Waals surface area (Å²) in [4.78, 5) is 33.8. The fourth-order valence-corrected chi connectivity index (χ4v) is 1.95. The minimum Gasteiger partial charge on any atom is -0.387 e. The third kappa shape index (κ3) is 3.52. The number of carbonyl (C=O) groups is 1. The van der Waals surface area contributed by atoms with Gasteiger partial charge >= 0.3 is 11.8 Å². The van der Waals surface area contributed by atoms with Crippen LogP contribution in [-0.4, -0.2) is 20.7 Å². The molecule has 0 radical (unpaired) electrons. The molecule has 1 amide bonds. The number of amides is 1. The topological polar surface area (TPSA) is 132 Å². The number of nitro benzene ring substituents is 1. The molecule has 0 bridgehead atoms. The summed E-state index contributed by atoms with van der Waals surface area (Å²) < 4.78 is 5.48. The van der Waals surface area contributed by atoms with E-state index in [0.717, 1.165) is 0 Å². The van der Waals surface area contributed by atoms with E-state index in [1.54, 1.807) is 30.3 Å². The van der Waals surface area contributed by atoms with Crippen LogP contribution in [0.5, 0.6) is 0 Å². The zero-order valence-electron chi connectivity index (χ0n) is 12.6. The molecule has 0 unspecified atom stereocenters. The fraction of sp³-hybridized carbons (Fsp3) is 0. The molecule has 10 heteroatoms. The number of nitro groups is 1. The first-order valence-corrected chi connectivity index (χ1v) is 7.01. The van der Waals surface area contributed by atoms with Gasteiger partial charge in [-0.15, -0.1) is 9.78 Å². The third-order valence-electron chi connectivity index (χ3n) is 3.15. The van der Waals surface area contributed by atoms with Gasteiger partial charge in [-0.1, -0.05) is 18.2 Å². The van der Waals surface area contributed by atoms with E-state index in [-0.39, 0.29) is 11.6 Å². The molecule has 0 spiro atoms. The Morgan fingerprint density at radius 3 is 2.44 bits per heavy atom. The summed E-state index contributed by atoms with van der Waals surface area (Å²) >= 11 is 0. The van der Waals surface area contributed by atoms with E-state index in [1.807, 2.05) is 0 Å².